The summed E-state index contributed by atoms with van der Waals surface area (Å²) in [4.78, 5) is 23.6. The van der Waals surface area contributed by atoms with Gasteiger partial charge in [0, 0.05) is 27.9 Å². The number of hydrogen-bond donors (Lipinski definition) is 3. The molecule has 0 aliphatic carbocycles. The van der Waals surface area contributed by atoms with Gasteiger partial charge < -0.3 is 15.5 Å². The summed E-state index contributed by atoms with van der Waals surface area (Å²) in [5.41, 5.74) is 1.24. The molecule has 0 radical (unpaired) electrons. The van der Waals surface area contributed by atoms with Crippen LogP contribution in [-0.4, -0.2) is 39.9 Å². The number of hydrazone groups is 1. The normalized spacial score (nSPS) is 14.8. The molecule has 1 aliphatic heterocycles. The van der Waals surface area contributed by atoms with Crippen molar-refractivity contribution in [1.29, 1.82) is 0 Å². The van der Waals surface area contributed by atoms with Crippen molar-refractivity contribution in [2.24, 2.45) is 5.10 Å². The minimum Gasteiger partial charge on any atom is -0.505 e. The number of nitrogens with zero attached hydrogens (tertiary/aromatic N) is 2. The molecule has 0 unspecified atom stereocenters. The molecule has 3 N–H and O–H groups in total. The van der Waals surface area contributed by atoms with Gasteiger partial charge in [-0.1, -0.05) is 29.8 Å². The number of halogens is 2. The standard InChI is InChI=1S/C22H19ClFN3O4/c1-3-16-19-14(8-9-15(24)18(19)12-6-5-7-13(23)10-12)21(30)20(27(16)26-4-2)22(31)25-11-17(28)29/h3-10,30H,11H2,1-2H3,(H,25,31)(H,28,29)/b16-3+,26-4-. The maximum atomic E-state index is 15.0. The van der Waals surface area contributed by atoms with Gasteiger partial charge in [0.05, 0.1) is 5.70 Å². The Labute approximate surface area is 182 Å². The number of carbonyl (C=O) groups is 2. The third kappa shape index (κ3) is 4.15. The van der Waals surface area contributed by atoms with Crippen LogP contribution in [0.5, 0.6) is 0 Å². The Kier molecular flexibility index (Phi) is 6.41. The summed E-state index contributed by atoms with van der Waals surface area (Å²) in [5.74, 6) is -3.10. The van der Waals surface area contributed by atoms with Crippen molar-refractivity contribution in [2.45, 2.75) is 13.8 Å². The van der Waals surface area contributed by atoms with Crippen LogP contribution < -0.4 is 5.32 Å². The van der Waals surface area contributed by atoms with Gasteiger partial charge in [-0.2, -0.15) is 5.10 Å². The lowest BCUT2D eigenvalue weighted by atomic mass is 9.88. The van der Waals surface area contributed by atoms with Gasteiger partial charge in [-0.15, -0.1) is 0 Å². The van der Waals surface area contributed by atoms with Gasteiger partial charge in [0.15, 0.2) is 11.5 Å². The summed E-state index contributed by atoms with van der Waals surface area (Å²) >= 11 is 6.10. The number of benzene rings is 2. The van der Waals surface area contributed by atoms with Crippen molar-refractivity contribution in [3.05, 3.63) is 70.1 Å². The zero-order valence-electron chi connectivity index (χ0n) is 16.7. The Morgan fingerprint density at radius 3 is 2.58 bits per heavy atom. The molecule has 0 spiro atoms. The second-order valence-electron chi connectivity index (χ2n) is 6.49. The fourth-order valence-corrected chi connectivity index (χ4v) is 3.56. The zero-order chi connectivity index (χ0) is 22.7. The first-order valence-corrected chi connectivity index (χ1v) is 9.65. The van der Waals surface area contributed by atoms with Crippen LogP contribution in [0.1, 0.15) is 25.0 Å². The van der Waals surface area contributed by atoms with Gasteiger partial charge in [0.2, 0.25) is 0 Å². The fraction of sp³-hybridized carbons (Fsp3) is 0.136. The molecule has 0 saturated heterocycles. The Balaban J connectivity index is 2.32. The van der Waals surface area contributed by atoms with Gasteiger partial charge in [-0.25, -0.2) is 9.40 Å². The lowest BCUT2D eigenvalue weighted by Crippen LogP contribution is -2.37. The first-order valence-electron chi connectivity index (χ1n) is 9.27. The number of aliphatic hydroxyl groups excluding tert-OH is 1. The predicted molar refractivity (Wildman–Crippen MR) is 117 cm³/mol. The number of aliphatic carboxylic acids is 1. The number of carbonyl (C=O) groups excluding carboxylic acids is 1. The van der Waals surface area contributed by atoms with Gasteiger partial charge in [0.25, 0.3) is 5.91 Å². The highest BCUT2D eigenvalue weighted by Gasteiger charge is 2.35. The van der Waals surface area contributed by atoms with Crippen LogP contribution in [0.3, 0.4) is 0 Å². The van der Waals surface area contributed by atoms with Gasteiger partial charge in [-0.3, -0.25) is 9.59 Å². The Bertz CT molecular complexity index is 1160. The number of hydrogen-bond acceptors (Lipinski definition) is 5. The Morgan fingerprint density at radius 1 is 1.23 bits per heavy atom. The maximum absolute atomic E-state index is 15.0. The molecule has 1 aliphatic rings. The second kappa shape index (κ2) is 9.01. The van der Waals surface area contributed by atoms with E-state index in [9.17, 15) is 14.7 Å². The molecule has 0 saturated carbocycles. The number of fused-ring (bicyclic) bond motifs is 1. The summed E-state index contributed by atoms with van der Waals surface area (Å²) in [6.45, 7) is 2.64. The van der Waals surface area contributed by atoms with Crippen LogP contribution in [0.4, 0.5) is 4.39 Å². The number of carboxylic acids is 1. The number of carboxylic acid groups (broad SMARTS) is 1. The lowest BCUT2D eigenvalue weighted by molar-refractivity contribution is -0.137. The maximum Gasteiger partial charge on any atom is 0.322 e. The van der Waals surface area contributed by atoms with Crippen molar-refractivity contribution in [3.8, 4) is 11.1 Å². The smallest absolute Gasteiger partial charge is 0.322 e. The van der Waals surface area contributed by atoms with Crippen LogP contribution in [0.25, 0.3) is 22.6 Å². The first-order chi connectivity index (χ1) is 14.8. The lowest BCUT2D eigenvalue weighted by Gasteiger charge is -2.32. The largest absolute Gasteiger partial charge is 0.505 e. The molecule has 31 heavy (non-hydrogen) atoms. The van der Waals surface area contributed by atoms with Gasteiger partial charge in [-0.05, 0) is 43.7 Å². The van der Waals surface area contributed by atoms with Gasteiger partial charge >= 0.3 is 5.97 Å². The second-order valence-corrected chi connectivity index (χ2v) is 6.92. The average molecular weight is 444 g/mol. The molecule has 0 aromatic heterocycles. The molecule has 0 fully saturated rings. The molecule has 0 atom stereocenters. The van der Waals surface area contributed by atoms with E-state index in [2.05, 4.69) is 10.4 Å². The Hall–Kier alpha value is -3.65. The number of nitrogens with one attached hydrogen (secondary N) is 1. The SMILES string of the molecule is C/C=N\N1C(C(=O)NCC(=O)O)=C(O)c2ccc(F)c(-c3cccc(Cl)c3)c2/C1=C\C. The van der Waals surface area contributed by atoms with Crippen molar-refractivity contribution in [2.75, 3.05) is 6.54 Å². The van der Waals surface area contributed by atoms with E-state index >= 15 is 4.39 Å². The zero-order valence-corrected chi connectivity index (χ0v) is 17.4. The fourth-order valence-electron chi connectivity index (χ4n) is 3.37. The molecule has 160 valence electrons. The van der Waals surface area contributed by atoms with Crippen molar-refractivity contribution in [3.63, 3.8) is 0 Å². The van der Waals surface area contributed by atoms with E-state index in [1.165, 1.54) is 18.3 Å². The summed E-state index contributed by atoms with van der Waals surface area (Å²) in [6, 6.07) is 9.15. The highest BCUT2D eigenvalue weighted by atomic mass is 35.5. The average Bonchev–Trinajstić information content (AvgIpc) is 2.72. The van der Waals surface area contributed by atoms with E-state index in [1.807, 2.05) is 0 Å². The highest BCUT2D eigenvalue weighted by molar-refractivity contribution is 6.30. The number of rotatable bonds is 5. The summed E-state index contributed by atoms with van der Waals surface area (Å²) < 4.78 is 15.0. The first kappa shape index (κ1) is 22.0. The molecule has 2 aromatic carbocycles. The van der Waals surface area contributed by atoms with E-state index in [4.69, 9.17) is 16.7 Å². The predicted octanol–water partition coefficient (Wildman–Crippen LogP) is 4.26. The van der Waals surface area contributed by atoms with E-state index in [0.29, 0.717) is 21.8 Å². The van der Waals surface area contributed by atoms with E-state index in [0.717, 1.165) is 5.01 Å². The third-order valence-corrected chi connectivity index (χ3v) is 4.80. The number of allylic oxidation sites excluding steroid dienone is 1. The van der Waals surface area contributed by atoms with Gasteiger partial charge in [0.1, 0.15) is 12.4 Å². The monoisotopic (exact) mass is 443 g/mol. The van der Waals surface area contributed by atoms with Crippen LogP contribution in [0.2, 0.25) is 5.02 Å². The van der Waals surface area contributed by atoms with Crippen LogP contribution in [0, 0.1) is 5.82 Å². The molecule has 7 nitrogen and oxygen atoms in total. The topological polar surface area (TPSA) is 102 Å². The van der Waals surface area contributed by atoms with E-state index in [-0.39, 0.29) is 16.8 Å². The summed E-state index contributed by atoms with van der Waals surface area (Å²) in [6.07, 6.45) is 3.01. The minimum atomic E-state index is -1.24. The van der Waals surface area contributed by atoms with E-state index in [1.54, 1.807) is 44.2 Å². The molecule has 0 bridgehead atoms. The summed E-state index contributed by atoms with van der Waals surface area (Å²) in [5, 5.41) is 27.8. The number of aliphatic hydroxyl groups is 1. The van der Waals surface area contributed by atoms with Crippen LogP contribution in [-0.2, 0) is 9.59 Å². The summed E-state index contributed by atoms with van der Waals surface area (Å²) in [7, 11) is 0. The highest BCUT2D eigenvalue weighted by Crippen LogP contribution is 2.44. The van der Waals surface area contributed by atoms with Crippen LogP contribution >= 0.6 is 11.6 Å². The van der Waals surface area contributed by atoms with Crippen molar-refractivity contribution < 1.29 is 24.2 Å². The molecule has 3 rings (SSSR count). The van der Waals surface area contributed by atoms with Crippen molar-refractivity contribution in [1.82, 2.24) is 10.3 Å². The molecular weight excluding hydrogens is 425 g/mol. The molecular formula is C22H19ClFN3O4. The number of amides is 1. The van der Waals surface area contributed by atoms with E-state index < -0.39 is 30.0 Å². The molecule has 1 amide bonds. The van der Waals surface area contributed by atoms with Crippen LogP contribution in [0.15, 0.2) is 53.3 Å². The molecule has 1 heterocycles. The molecule has 2 aromatic rings. The van der Waals surface area contributed by atoms with Crippen molar-refractivity contribution >= 4 is 41.1 Å². The Morgan fingerprint density at radius 2 is 1.97 bits per heavy atom. The minimum absolute atomic E-state index is 0.181. The quantitative estimate of drug-likeness (QED) is 0.599. The third-order valence-electron chi connectivity index (χ3n) is 4.56. The molecule has 9 heteroatoms.